The minimum Gasteiger partial charge on any atom is -0.378 e. The van der Waals surface area contributed by atoms with Crippen LogP contribution in [-0.4, -0.2) is 54.8 Å². The van der Waals surface area contributed by atoms with Gasteiger partial charge in [-0.1, -0.05) is 17.7 Å². The number of rotatable bonds is 6. The van der Waals surface area contributed by atoms with Crippen LogP contribution in [0.4, 0.5) is 24.7 Å². The van der Waals surface area contributed by atoms with Gasteiger partial charge < -0.3 is 14.4 Å². The van der Waals surface area contributed by atoms with Crippen LogP contribution in [0.3, 0.4) is 0 Å². The Morgan fingerprint density at radius 3 is 2.66 bits per heavy atom. The normalized spacial score (nSPS) is 21.2. The molecule has 1 atom stereocenters. The number of hydrogen-bond acceptors (Lipinski definition) is 6. The molecular weight excluding hydrogens is 461 g/mol. The van der Waals surface area contributed by atoms with Crippen LogP contribution in [0.25, 0.3) is 0 Å². The van der Waals surface area contributed by atoms with Gasteiger partial charge in [0, 0.05) is 45.4 Å². The average molecular weight is 487 g/mol. The molecule has 0 saturated carbocycles. The van der Waals surface area contributed by atoms with Crippen molar-refractivity contribution < 1.29 is 17.9 Å². The number of ether oxygens (including phenoxy) is 1. The number of hydrogen-bond donors (Lipinski definition) is 1. The molecule has 5 nitrogen and oxygen atoms in total. The van der Waals surface area contributed by atoms with E-state index < -0.39 is 17.6 Å². The van der Waals surface area contributed by atoms with Gasteiger partial charge in [-0.25, -0.2) is 13.8 Å². The molecule has 2 aliphatic rings. The van der Waals surface area contributed by atoms with Crippen molar-refractivity contribution in [3.05, 3.63) is 46.9 Å². The highest BCUT2D eigenvalue weighted by atomic mass is 35.5. The van der Waals surface area contributed by atoms with Crippen LogP contribution in [0.5, 0.6) is 0 Å². The predicted octanol–water partition coefficient (Wildman–Crippen LogP) is 5.35. The lowest BCUT2D eigenvalue weighted by Gasteiger charge is -2.41. The summed E-state index contributed by atoms with van der Waals surface area (Å²) in [5.74, 6) is -2.10. The highest BCUT2D eigenvalue weighted by Crippen LogP contribution is 2.39. The van der Waals surface area contributed by atoms with E-state index in [-0.39, 0.29) is 21.3 Å². The van der Waals surface area contributed by atoms with Gasteiger partial charge in [0.05, 0.1) is 11.3 Å². The van der Waals surface area contributed by atoms with Gasteiger partial charge in [0.2, 0.25) is 5.95 Å². The second-order valence-corrected chi connectivity index (χ2v) is 9.66. The molecule has 0 spiro atoms. The third-order valence-corrected chi connectivity index (χ3v) is 7.69. The number of likely N-dealkylation sites (tertiary alicyclic amines) is 1. The van der Waals surface area contributed by atoms with Gasteiger partial charge in [0.1, 0.15) is 21.6 Å². The summed E-state index contributed by atoms with van der Waals surface area (Å²) < 4.78 is 51.2. The highest BCUT2D eigenvalue weighted by Gasteiger charge is 2.36. The van der Waals surface area contributed by atoms with E-state index in [0.29, 0.717) is 36.8 Å². The first kappa shape index (κ1) is 23.5. The molecule has 0 amide bonds. The van der Waals surface area contributed by atoms with Gasteiger partial charge >= 0.3 is 0 Å². The Bertz CT molecular complexity index is 974. The van der Waals surface area contributed by atoms with Crippen molar-refractivity contribution in [2.45, 2.75) is 42.7 Å². The Labute approximate surface area is 195 Å². The molecule has 0 radical (unpaired) electrons. The number of nitrogens with zero attached hydrogens (tertiary/aromatic N) is 3. The van der Waals surface area contributed by atoms with Crippen molar-refractivity contribution in [2.24, 2.45) is 0 Å². The quantitative estimate of drug-likeness (QED) is 0.337. The van der Waals surface area contributed by atoms with Gasteiger partial charge in [0.15, 0.2) is 5.82 Å². The number of methoxy groups -OCH3 is 1. The number of nitrogens with one attached hydrogen (secondary N) is 1. The van der Waals surface area contributed by atoms with Gasteiger partial charge in [-0.2, -0.15) is 4.39 Å². The monoisotopic (exact) mass is 486 g/mol. The molecule has 1 aromatic carbocycles. The first-order chi connectivity index (χ1) is 15.3. The van der Waals surface area contributed by atoms with Crippen LogP contribution >= 0.6 is 23.5 Å². The van der Waals surface area contributed by atoms with Crippen LogP contribution < -0.4 is 9.62 Å². The average Bonchev–Trinajstić information content (AvgIpc) is 3.27. The predicted molar refractivity (Wildman–Crippen MR) is 122 cm³/mol. The Balaban J connectivity index is 1.43. The van der Waals surface area contributed by atoms with E-state index >= 15 is 0 Å². The van der Waals surface area contributed by atoms with Gasteiger partial charge in [-0.05, 0) is 50.3 Å². The Kier molecular flexibility index (Phi) is 7.09. The molecule has 2 aromatic rings. The Morgan fingerprint density at radius 1 is 1.22 bits per heavy atom. The van der Waals surface area contributed by atoms with Crippen LogP contribution in [0, 0.1) is 17.6 Å². The molecular formula is C22H26ClF3N4OS. The fraction of sp³-hybridized carbons (Fsp3) is 0.500. The molecule has 174 valence electrons. The number of pyridine rings is 1. The Morgan fingerprint density at radius 2 is 1.97 bits per heavy atom. The van der Waals surface area contributed by atoms with E-state index in [1.807, 2.05) is 4.90 Å². The fourth-order valence-electron chi connectivity index (χ4n) is 4.28. The van der Waals surface area contributed by atoms with E-state index in [4.69, 9.17) is 16.3 Å². The summed E-state index contributed by atoms with van der Waals surface area (Å²) in [6.07, 6.45) is 2.83. The lowest BCUT2D eigenvalue weighted by Crippen LogP contribution is -2.48. The summed E-state index contributed by atoms with van der Waals surface area (Å²) in [5, 5.41) is -0.117. The van der Waals surface area contributed by atoms with E-state index in [2.05, 4.69) is 21.5 Å². The molecule has 0 aliphatic carbocycles. The van der Waals surface area contributed by atoms with E-state index in [9.17, 15) is 13.2 Å². The molecule has 3 heterocycles. The maximum atomic E-state index is 15.0. The van der Waals surface area contributed by atoms with Crippen molar-refractivity contribution in [1.29, 1.82) is 0 Å². The lowest BCUT2D eigenvalue weighted by atomic mass is 9.92. The van der Waals surface area contributed by atoms with Crippen LogP contribution in [0.15, 0.2) is 29.2 Å². The topological polar surface area (TPSA) is 40.6 Å². The molecule has 32 heavy (non-hydrogen) atoms. The zero-order valence-corrected chi connectivity index (χ0v) is 19.6. The van der Waals surface area contributed by atoms with Crippen LogP contribution in [0.1, 0.15) is 26.2 Å². The number of benzene rings is 1. The molecule has 10 heteroatoms. The minimum atomic E-state index is -0.840. The van der Waals surface area contributed by atoms with E-state index in [1.54, 1.807) is 7.11 Å². The lowest BCUT2D eigenvalue weighted by molar-refractivity contribution is -0.0486. The molecule has 2 aliphatic heterocycles. The smallest absolute Gasteiger partial charge is 0.214 e. The third-order valence-electron chi connectivity index (χ3n) is 6.44. The molecule has 2 fully saturated rings. The standard InChI is InChI=1S/C22H26ClF3N4OS/c1-22(31-2)7-10-29(11-8-22)14-6-9-30(13-14)16-12-15(24)21(20(26)19(16)23)32-28-18-5-3-4-17(25)27-18/h3-5,12,14H,6-11,13H2,1-2H3,(H,27,28). The van der Waals surface area contributed by atoms with E-state index in [0.717, 1.165) is 32.4 Å². The number of piperidine rings is 1. The summed E-state index contributed by atoms with van der Waals surface area (Å²) in [7, 11) is 1.75. The van der Waals surface area contributed by atoms with Crippen molar-refractivity contribution in [1.82, 2.24) is 9.88 Å². The summed E-state index contributed by atoms with van der Waals surface area (Å²) in [6.45, 7) is 5.36. The summed E-state index contributed by atoms with van der Waals surface area (Å²) in [6, 6.07) is 5.73. The van der Waals surface area contributed by atoms with Gasteiger partial charge in [-0.3, -0.25) is 4.90 Å². The Hall–Kier alpha value is -1.68. The number of aromatic nitrogens is 1. The number of anilines is 2. The van der Waals surface area contributed by atoms with Crippen LogP contribution in [-0.2, 0) is 4.74 Å². The third kappa shape index (κ3) is 4.95. The second kappa shape index (κ2) is 9.67. The maximum Gasteiger partial charge on any atom is 0.214 e. The molecule has 1 aromatic heterocycles. The largest absolute Gasteiger partial charge is 0.378 e. The summed E-state index contributed by atoms with van der Waals surface area (Å²) in [4.78, 5) is 7.71. The molecule has 0 bridgehead atoms. The summed E-state index contributed by atoms with van der Waals surface area (Å²) in [5.41, 5.74) is 0.281. The fourth-order valence-corrected chi connectivity index (χ4v) is 5.28. The van der Waals surface area contributed by atoms with Gasteiger partial charge in [-0.15, -0.1) is 0 Å². The molecule has 1 unspecified atom stereocenters. The second-order valence-electron chi connectivity index (χ2n) is 8.46. The van der Waals surface area contributed by atoms with Crippen molar-refractivity contribution >= 4 is 35.1 Å². The molecule has 2 saturated heterocycles. The van der Waals surface area contributed by atoms with Crippen molar-refractivity contribution in [2.75, 3.05) is 42.9 Å². The minimum absolute atomic E-state index is 0.0765. The molecule has 4 rings (SSSR count). The van der Waals surface area contributed by atoms with Crippen LogP contribution in [0.2, 0.25) is 5.02 Å². The van der Waals surface area contributed by atoms with E-state index in [1.165, 1.54) is 24.3 Å². The SMILES string of the molecule is COC1(C)CCN(C2CCN(c3cc(F)c(SNc4cccc(F)n4)c(F)c3Cl)C2)CC1. The summed E-state index contributed by atoms with van der Waals surface area (Å²) >= 11 is 6.99. The molecule has 1 N–H and O–H groups in total. The first-order valence-electron chi connectivity index (χ1n) is 10.6. The maximum absolute atomic E-state index is 15.0. The first-order valence-corrected chi connectivity index (χ1v) is 11.8. The van der Waals surface area contributed by atoms with Crippen molar-refractivity contribution in [3.8, 4) is 0 Å². The zero-order chi connectivity index (χ0) is 22.9. The number of halogens is 4. The van der Waals surface area contributed by atoms with Gasteiger partial charge in [0.25, 0.3) is 0 Å². The zero-order valence-electron chi connectivity index (χ0n) is 18.0. The van der Waals surface area contributed by atoms with Crippen molar-refractivity contribution in [3.63, 3.8) is 0 Å². The highest BCUT2D eigenvalue weighted by molar-refractivity contribution is 8.00.